The Labute approximate surface area is 154 Å². The molecule has 0 spiro atoms. The number of aliphatic hydroxyl groups excluding tert-OH is 1. The van der Waals surface area contributed by atoms with Gasteiger partial charge in [0.05, 0.1) is 18.3 Å². The maximum Gasteiger partial charge on any atom is 0.490 e. The predicted octanol–water partition coefficient (Wildman–Crippen LogP) is 1.95. The Bertz CT molecular complexity index is 652. The number of likely N-dealkylation sites (tertiary alicyclic amines) is 1. The number of carbonyl (C=O) groups excluding carboxylic acids is 1. The van der Waals surface area contributed by atoms with Gasteiger partial charge in [-0.15, -0.1) is 0 Å². The van der Waals surface area contributed by atoms with E-state index >= 15 is 0 Å². The number of alkyl halides is 3. The van der Waals surface area contributed by atoms with Crippen molar-refractivity contribution in [1.82, 2.24) is 9.88 Å². The number of aliphatic carboxylic acids is 1. The molecule has 152 valence electrons. The highest BCUT2D eigenvalue weighted by Crippen LogP contribution is 2.20. The summed E-state index contributed by atoms with van der Waals surface area (Å²) in [6.07, 6.45) is -2.49. The highest BCUT2D eigenvalue weighted by molar-refractivity contribution is 5.78. The van der Waals surface area contributed by atoms with Gasteiger partial charge in [0.2, 0.25) is 0 Å². The molecule has 2 rings (SSSR count). The number of amides is 1. The number of nitrogens with zero attached hydrogens (tertiary/aromatic N) is 2. The SMILES string of the molecule is CCc1nc(C)ccc1OCC(=O)N1CCC[C@H]1CO.O=C(O)C(F)(F)F. The van der Waals surface area contributed by atoms with Crippen LogP contribution >= 0.6 is 0 Å². The third-order valence-electron chi connectivity index (χ3n) is 3.91. The van der Waals surface area contributed by atoms with Crippen LogP contribution in [0.1, 0.15) is 31.2 Å². The maximum atomic E-state index is 12.1. The number of carbonyl (C=O) groups is 2. The minimum absolute atomic E-state index is 0.00818. The van der Waals surface area contributed by atoms with Gasteiger partial charge in [-0.05, 0) is 38.3 Å². The van der Waals surface area contributed by atoms with Crippen molar-refractivity contribution in [3.8, 4) is 5.75 Å². The first-order chi connectivity index (χ1) is 12.6. The van der Waals surface area contributed by atoms with Crippen molar-refractivity contribution >= 4 is 11.9 Å². The van der Waals surface area contributed by atoms with Crippen LogP contribution in [0.15, 0.2) is 12.1 Å². The number of rotatable bonds is 5. The van der Waals surface area contributed by atoms with Crippen LogP contribution in [-0.2, 0) is 16.0 Å². The molecule has 1 saturated heterocycles. The highest BCUT2D eigenvalue weighted by Gasteiger charge is 2.38. The summed E-state index contributed by atoms with van der Waals surface area (Å²) in [4.78, 5) is 27.1. The van der Waals surface area contributed by atoms with Crippen molar-refractivity contribution in [2.45, 2.75) is 45.3 Å². The first-order valence-corrected chi connectivity index (χ1v) is 8.39. The molecule has 0 saturated carbocycles. The highest BCUT2D eigenvalue weighted by atomic mass is 19.4. The van der Waals surface area contributed by atoms with Gasteiger partial charge in [-0.25, -0.2) is 4.79 Å². The molecule has 10 heteroatoms. The van der Waals surface area contributed by atoms with Crippen molar-refractivity contribution < 1.29 is 37.7 Å². The van der Waals surface area contributed by atoms with Gasteiger partial charge in [-0.1, -0.05) is 6.92 Å². The monoisotopic (exact) mass is 392 g/mol. The molecule has 7 nitrogen and oxygen atoms in total. The largest absolute Gasteiger partial charge is 0.490 e. The second kappa shape index (κ2) is 10.1. The molecule has 2 heterocycles. The van der Waals surface area contributed by atoms with Crippen LogP contribution < -0.4 is 4.74 Å². The molecule has 1 aliphatic rings. The predicted molar refractivity (Wildman–Crippen MR) is 89.4 cm³/mol. The molecule has 0 aromatic carbocycles. The quantitative estimate of drug-likeness (QED) is 0.795. The van der Waals surface area contributed by atoms with Crippen LogP contribution in [0.5, 0.6) is 5.75 Å². The van der Waals surface area contributed by atoms with Crippen LogP contribution in [0.25, 0.3) is 0 Å². The number of ether oxygens (including phenoxy) is 1. The molecule has 1 fully saturated rings. The average molecular weight is 392 g/mol. The zero-order valence-electron chi connectivity index (χ0n) is 15.1. The molecular formula is C17H23F3N2O5. The number of pyridine rings is 1. The van der Waals surface area contributed by atoms with Crippen molar-refractivity contribution in [2.75, 3.05) is 19.8 Å². The summed E-state index contributed by atoms with van der Waals surface area (Å²) in [6.45, 7) is 4.69. The molecule has 0 aliphatic carbocycles. The molecule has 1 amide bonds. The Morgan fingerprint density at radius 2 is 2.00 bits per heavy atom. The summed E-state index contributed by atoms with van der Waals surface area (Å²) < 4.78 is 37.4. The van der Waals surface area contributed by atoms with Gasteiger partial charge < -0.3 is 19.8 Å². The summed E-state index contributed by atoms with van der Waals surface area (Å²) in [5.41, 5.74) is 1.82. The molecule has 1 aromatic heterocycles. The number of carboxylic acids is 1. The molecule has 0 radical (unpaired) electrons. The van der Waals surface area contributed by atoms with Crippen LogP contribution in [0, 0.1) is 6.92 Å². The fourth-order valence-corrected chi connectivity index (χ4v) is 2.56. The number of hydrogen-bond donors (Lipinski definition) is 2. The van der Waals surface area contributed by atoms with E-state index in [0.717, 1.165) is 30.7 Å². The molecule has 1 aliphatic heterocycles. The maximum absolute atomic E-state index is 12.1. The fraction of sp³-hybridized carbons (Fsp3) is 0.588. The first-order valence-electron chi connectivity index (χ1n) is 8.39. The zero-order valence-corrected chi connectivity index (χ0v) is 15.1. The summed E-state index contributed by atoms with van der Waals surface area (Å²) in [7, 11) is 0. The zero-order chi connectivity index (χ0) is 20.6. The van der Waals surface area contributed by atoms with Crippen molar-refractivity contribution in [3.63, 3.8) is 0 Å². The second-order valence-electron chi connectivity index (χ2n) is 5.91. The van der Waals surface area contributed by atoms with E-state index in [1.54, 1.807) is 4.90 Å². The van der Waals surface area contributed by atoms with E-state index in [1.165, 1.54) is 0 Å². The molecule has 0 unspecified atom stereocenters. The van der Waals surface area contributed by atoms with Crippen molar-refractivity contribution in [2.24, 2.45) is 0 Å². The van der Waals surface area contributed by atoms with Gasteiger partial charge in [0, 0.05) is 12.2 Å². The lowest BCUT2D eigenvalue weighted by atomic mass is 10.2. The van der Waals surface area contributed by atoms with Gasteiger partial charge >= 0.3 is 12.1 Å². The van der Waals surface area contributed by atoms with Gasteiger partial charge in [-0.3, -0.25) is 9.78 Å². The summed E-state index contributed by atoms with van der Waals surface area (Å²) in [6, 6.07) is 3.70. The van der Waals surface area contributed by atoms with Gasteiger partial charge in [0.25, 0.3) is 5.91 Å². The van der Waals surface area contributed by atoms with Gasteiger partial charge in [0.15, 0.2) is 6.61 Å². The minimum atomic E-state index is -5.08. The Kier molecular flexibility index (Phi) is 8.48. The number of hydrogen-bond acceptors (Lipinski definition) is 5. The molecule has 1 atom stereocenters. The molecule has 1 aromatic rings. The smallest absolute Gasteiger partial charge is 0.482 e. The van der Waals surface area contributed by atoms with Gasteiger partial charge in [0.1, 0.15) is 5.75 Å². The van der Waals surface area contributed by atoms with Gasteiger partial charge in [-0.2, -0.15) is 13.2 Å². The van der Waals surface area contributed by atoms with E-state index in [2.05, 4.69) is 4.98 Å². The average Bonchev–Trinajstić information content (AvgIpc) is 3.08. The number of aliphatic hydroxyl groups is 1. The lowest BCUT2D eigenvalue weighted by Crippen LogP contribution is -2.40. The van der Waals surface area contributed by atoms with Crippen molar-refractivity contribution in [3.05, 3.63) is 23.5 Å². The van der Waals surface area contributed by atoms with E-state index < -0.39 is 12.1 Å². The lowest BCUT2D eigenvalue weighted by molar-refractivity contribution is -0.192. The third-order valence-corrected chi connectivity index (χ3v) is 3.91. The molecular weight excluding hydrogens is 369 g/mol. The van der Waals surface area contributed by atoms with E-state index in [0.29, 0.717) is 12.3 Å². The van der Waals surface area contributed by atoms with E-state index in [-0.39, 0.29) is 25.2 Å². The van der Waals surface area contributed by atoms with Crippen molar-refractivity contribution in [1.29, 1.82) is 0 Å². The number of aromatic nitrogens is 1. The van der Waals surface area contributed by atoms with E-state index in [4.69, 9.17) is 14.6 Å². The summed E-state index contributed by atoms with van der Waals surface area (Å²) >= 11 is 0. The third kappa shape index (κ3) is 7.05. The van der Waals surface area contributed by atoms with Crippen LogP contribution in [0.4, 0.5) is 13.2 Å². The first kappa shape index (κ1) is 22.7. The number of carboxylic acid groups (broad SMARTS) is 1. The number of aryl methyl sites for hydroxylation is 2. The number of halogens is 3. The Balaban J connectivity index is 0.000000445. The second-order valence-corrected chi connectivity index (χ2v) is 5.91. The summed E-state index contributed by atoms with van der Waals surface area (Å²) in [5.74, 6) is -2.15. The Hall–Kier alpha value is -2.36. The van der Waals surface area contributed by atoms with Crippen LogP contribution in [0.3, 0.4) is 0 Å². The molecule has 27 heavy (non-hydrogen) atoms. The molecule has 2 N–H and O–H groups in total. The fourth-order valence-electron chi connectivity index (χ4n) is 2.56. The lowest BCUT2D eigenvalue weighted by Gasteiger charge is -2.23. The standard InChI is InChI=1S/C15H22N2O3.C2HF3O2/c1-3-13-14(7-6-11(2)16-13)20-10-15(19)17-8-4-5-12(17)9-18;3-2(4,5)1(6)7/h6-7,12,18H,3-5,8-10H2,1-2H3;(H,6,7)/t12-;/m0./s1. The van der Waals surface area contributed by atoms with E-state index in [1.807, 2.05) is 26.0 Å². The van der Waals surface area contributed by atoms with Crippen LogP contribution in [0.2, 0.25) is 0 Å². The topological polar surface area (TPSA) is 100.0 Å². The Morgan fingerprint density at radius 3 is 2.52 bits per heavy atom. The van der Waals surface area contributed by atoms with E-state index in [9.17, 15) is 23.1 Å². The minimum Gasteiger partial charge on any atom is -0.482 e. The summed E-state index contributed by atoms with van der Waals surface area (Å²) in [5, 5.41) is 16.4. The molecule has 0 bridgehead atoms. The van der Waals surface area contributed by atoms with Crippen LogP contribution in [-0.4, -0.2) is 64.0 Å². The Morgan fingerprint density at radius 1 is 1.37 bits per heavy atom. The normalized spacial score (nSPS) is 16.5.